The van der Waals surface area contributed by atoms with E-state index in [1.165, 1.54) is 6.08 Å². The van der Waals surface area contributed by atoms with Gasteiger partial charge in [-0.25, -0.2) is 4.68 Å². The highest BCUT2D eigenvalue weighted by Crippen LogP contribution is 2.16. The number of hydrogen-bond acceptors (Lipinski definition) is 3. The summed E-state index contributed by atoms with van der Waals surface area (Å²) in [6, 6.07) is 1.96. The quantitative estimate of drug-likeness (QED) is 0.599. The van der Waals surface area contributed by atoms with Crippen LogP contribution in [0.1, 0.15) is 25.2 Å². The van der Waals surface area contributed by atoms with E-state index in [1.54, 1.807) is 4.68 Å². The number of carbonyl (C=O) groups excluding carboxylic acids is 1. The Morgan fingerprint density at radius 2 is 2.00 bits per heavy atom. The molecule has 0 aliphatic carbocycles. The summed E-state index contributed by atoms with van der Waals surface area (Å²) >= 11 is 11.2. The minimum atomic E-state index is -1.05. The lowest BCUT2D eigenvalue weighted by molar-refractivity contribution is -0.113. The summed E-state index contributed by atoms with van der Waals surface area (Å²) in [5.74, 6) is 0.365. The molecular weight excluding hydrogens is 285 g/mol. The second-order valence-electron chi connectivity index (χ2n) is 4.22. The van der Waals surface area contributed by atoms with Crippen molar-refractivity contribution in [2.75, 3.05) is 13.1 Å². The third-order valence-electron chi connectivity index (χ3n) is 2.80. The Kier molecular flexibility index (Phi) is 5.88. The Bertz CT molecular complexity index is 476. The lowest BCUT2D eigenvalue weighted by Gasteiger charge is -2.25. The molecule has 0 atom stereocenters. The lowest BCUT2D eigenvalue weighted by Crippen LogP contribution is -2.27. The van der Waals surface area contributed by atoms with Gasteiger partial charge in [0.2, 0.25) is 0 Å². The van der Waals surface area contributed by atoms with Crippen LogP contribution in [0.4, 0.5) is 0 Å². The van der Waals surface area contributed by atoms with Crippen LogP contribution in [-0.2, 0) is 4.79 Å². The minimum absolute atomic E-state index is 0.335. The Balaban J connectivity index is 3.27. The number of aromatic nitrogens is 2. The number of alkyl halides is 2. The van der Waals surface area contributed by atoms with E-state index in [-0.39, 0.29) is 5.78 Å². The first-order valence-corrected chi connectivity index (χ1v) is 7.10. The van der Waals surface area contributed by atoms with Crippen molar-refractivity contribution in [1.82, 2.24) is 14.7 Å². The number of allylic oxidation sites excluding steroid dienone is 1. The molecule has 0 saturated carbocycles. The predicted molar refractivity (Wildman–Crippen MR) is 79.4 cm³/mol. The van der Waals surface area contributed by atoms with E-state index in [2.05, 4.69) is 5.10 Å². The monoisotopic (exact) mass is 303 g/mol. The summed E-state index contributed by atoms with van der Waals surface area (Å²) in [6.07, 6.45) is 1.46. The van der Waals surface area contributed by atoms with Gasteiger partial charge in [0.05, 0.1) is 5.69 Å². The molecule has 1 aromatic heterocycles. The largest absolute Gasteiger partial charge is 0.357 e. The number of ketones is 1. The van der Waals surface area contributed by atoms with Crippen molar-refractivity contribution in [3.8, 4) is 0 Å². The van der Waals surface area contributed by atoms with Gasteiger partial charge in [0.15, 0.2) is 10.6 Å². The molecule has 0 amide bonds. The average Bonchev–Trinajstić information content (AvgIpc) is 2.68. The number of carbonyl (C=O) groups is 1. The maximum absolute atomic E-state index is 11.8. The van der Waals surface area contributed by atoms with E-state index in [1.807, 2.05) is 38.7 Å². The second kappa shape index (κ2) is 6.96. The van der Waals surface area contributed by atoms with E-state index < -0.39 is 4.84 Å². The van der Waals surface area contributed by atoms with Gasteiger partial charge in [0.25, 0.3) is 0 Å². The maximum Gasteiger partial charge on any atom is 0.192 e. The zero-order chi connectivity index (χ0) is 14.6. The van der Waals surface area contributed by atoms with Crippen molar-refractivity contribution in [2.45, 2.75) is 32.5 Å². The topological polar surface area (TPSA) is 38.1 Å². The molecule has 106 valence electrons. The first kappa shape index (κ1) is 16.1. The van der Waals surface area contributed by atoms with Gasteiger partial charge in [-0.15, -0.1) is 0 Å². The summed E-state index contributed by atoms with van der Waals surface area (Å²) in [7, 11) is 0. The van der Waals surface area contributed by atoms with Crippen LogP contribution in [0.5, 0.6) is 0 Å². The molecule has 1 aromatic rings. The predicted octanol–water partition coefficient (Wildman–Crippen LogP) is 3.01. The number of nitrogens with zero attached hydrogens (tertiary/aromatic N) is 3. The molecule has 1 rings (SSSR count). The molecule has 0 saturated heterocycles. The standard InChI is InChI=1S/C13H19Cl2N3O/c1-5-17(6-2)12(8-11(19)13(14)15)18-10(4)7-9(3)16-18/h7-8,13H,5-6H2,1-4H3. The molecule has 4 nitrogen and oxygen atoms in total. The summed E-state index contributed by atoms with van der Waals surface area (Å²) in [5, 5.41) is 4.41. The van der Waals surface area contributed by atoms with Gasteiger partial charge in [-0.2, -0.15) is 5.10 Å². The van der Waals surface area contributed by atoms with Crippen molar-refractivity contribution in [1.29, 1.82) is 0 Å². The van der Waals surface area contributed by atoms with E-state index in [0.717, 1.165) is 24.5 Å². The summed E-state index contributed by atoms with van der Waals surface area (Å²) < 4.78 is 1.75. The van der Waals surface area contributed by atoms with Gasteiger partial charge in [-0.05, 0) is 33.8 Å². The summed E-state index contributed by atoms with van der Waals surface area (Å²) in [4.78, 5) is 12.8. The zero-order valence-corrected chi connectivity index (χ0v) is 13.2. The molecule has 1 heterocycles. The Hall–Kier alpha value is -1.00. The van der Waals surface area contributed by atoms with Crippen molar-refractivity contribution < 1.29 is 4.79 Å². The first-order chi connectivity index (χ1) is 8.90. The fourth-order valence-electron chi connectivity index (χ4n) is 1.89. The number of rotatable bonds is 6. The van der Waals surface area contributed by atoms with Gasteiger partial charge in [-0.1, -0.05) is 23.2 Å². The molecule has 0 unspecified atom stereocenters. The molecule has 0 aromatic carbocycles. The van der Waals surface area contributed by atoms with Crippen LogP contribution in [-0.4, -0.2) is 38.4 Å². The Morgan fingerprint density at radius 1 is 1.42 bits per heavy atom. The van der Waals surface area contributed by atoms with Crippen LogP contribution in [0.2, 0.25) is 0 Å². The fourth-order valence-corrected chi connectivity index (χ4v) is 2.01. The van der Waals surface area contributed by atoms with Crippen LogP contribution < -0.4 is 0 Å². The van der Waals surface area contributed by atoms with Crippen molar-refractivity contribution in [3.05, 3.63) is 23.5 Å². The molecule has 19 heavy (non-hydrogen) atoms. The number of halogens is 2. The fraction of sp³-hybridized carbons (Fsp3) is 0.538. The third kappa shape index (κ3) is 3.98. The third-order valence-corrected chi connectivity index (χ3v) is 3.23. The van der Waals surface area contributed by atoms with Crippen molar-refractivity contribution in [2.24, 2.45) is 0 Å². The van der Waals surface area contributed by atoms with Gasteiger partial charge < -0.3 is 4.90 Å². The van der Waals surface area contributed by atoms with Crippen molar-refractivity contribution >= 4 is 34.8 Å². The average molecular weight is 304 g/mol. The maximum atomic E-state index is 11.8. The molecule has 0 N–H and O–H groups in total. The molecular formula is C13H19Cl2N3O. The van der Waals surface area contributed by atoms with Crippen LogP contribution >= 0.6 is 23.2 Å². The van der Waals surface area contributed by atoms with Crippen LogP contribution in [0.3, 0.4) is 0 Å². The van der Waals surface area contributed by atoms with Crippen molar-refractivity contribution in [3.63, 3.8) is 0 Å². The molecule has 0 aliphatic heterocycles. The van der Waals surface area contributed by atoms with Crippen LogP contribution in [0, 0.1) is 13.8 Å². The smallest absolute Gasteiger partial charge is 0.192 e. The van der Waals surface area contributed by atoms with E-state index >= 15 is 0 Å². The number of aryl methyl sites for hydroxylation is 2. The molecule has 0 fully saturated rings. The first-order valence-electron chi connectivity index (χ1n) is 6.23. The van der Waals surface area contributed by atoms with Crippen LogP contribution in [0.25, 0.3) is 5.82 Å². The Morgan fingerprint density at radius 3 is 2.37 bits per heavy atom. The zero-order valence-electron chi connectivity index (χ0n) is 11.7. The van der Waals surface area contributed by atoms with E-state index in [0.29, 0.717) is 5.82 Å². The van der Waals surface area contributed by atoms with Gasteiger partial charge >= 0.3 is 0 Å². The van der Waals surface area contributed by atoms with E-state index in [4.69, 9.17) is 23.2 Å². The highest BCUT2D eigenvalue weighted by molar-refractivity contribution is 6.55. The van der Waals surface area contributed by atoms with Crippen LogP contribution in [0.15, 0.2) is 12.1 Å². The summed E-state index contributed by atoms with van der Waals surface area (Å²) in [6.45, 7) is 9.43. The highest BCUT2D eigenvalue weighted by Gasteiger charge is 2.17. The summed E-state index contributed by atoms with van der Waals surface area (Å²) in [5.41, 5.74) is 1.86. The molecule has 0 bridgehead atoms. The van der Waals surface area contributed by atoms with E-state index in [9.17, 15) is 4.79 Å². The highest BCUT2D eigenvalue weighted by atomic mass is 35.5. The molecule has 6 heteroatoms. The minimum Gasteiger partial charge on any atom is -0.357 e. The SMILES string of the molecule is CCN(CC)C(=CC(=O)C(Cl)Cl)n1nc(C)cc1C. The molecule has 0 spiro atoms. The second-order valence-corrected chi connectivity index (χ2v) is 5.31. The van der Waals surface area contributed by atoms with Gasteiger partial charge in [0.1, 0.15) is 5.82 Å². The normalized spacial score (nSPS) is 12.1. The lowest BCUT2D eigenvalue weighted by atomic mass is 10.3. The number of hydrogen-bond donors (Lipinski definition) is 0. The van der Waals surface area contributed by atoms with Gasteiger partial charge in [0, 0.05) is 24.9 Å². The molecule has 0 aliphatic rings. The Labute approximate surface area is 124 Å². The molecule has 0 radical (unpaired) electrons. The van der Waals surface area contributed by atoms with Gasteiger partial charge in [-0.3, -0.25) is 4.79 Å².